The van der Waals surface area contributed by atoms with Gasteiger partial charge in [-0.05, 0) is 41.7 Å². The zero-order valence-electron chi connectivity index (χ0n) is 25.2. The summed E-state index contributed by atoms with van der Waals surface area (Å²) in [5, 5.41) is 21.6. The molecule has 0 atom stereocenters. The van der Waals surface area contributed by atoms with E-state index in [1.165, 1.54) is 4.90 Å². The number of amides is 2. The van der Waals surface area contributed by atoms with Crippen LogP contribution in [-0.4, -0.2) is 73.7 Å². The molecule has 0 radical (unpaired) electrons. The number of fused-ring (bicyclic) bond motifs is 1. The third-order valence-electron chi connectivity index (χ3n) is 7.36. The van der Waals surface area contributed by atoms with Crippen LogP contribution in [0.15, 0.2) is 60.9 Å². The first-order chi connectivity index (χ1) is 20.5. The van der Waals surface area contributed by atoms with Crippen LogP contribution in [0.2, 0.25) is 0 Å². The number of carbonyl (C=O) groups is 2. The lowest BCUT2D eigenvalue weighted by molar-refractivity contribution is 0.0989. The van der Waals surface area contributed by atoms with Crippen LogP contribution < -0.4 is 15.1 Å². The van der Waals surface area contributed by atoms with Gasteiger partial charge in [-0.25, -0.2) is 14.5 Å². The van der Waals surface area contributed by atoms with Crippen LogP contribution in [-0.2, 0) is 18.5 Å². The quantitative estimate of drug-likeness (QED) is 0.306. The lowest BCUT2D eigenvalue weighted by Crippen LogP contribution is -2.33. The summed E-state index contributed by atoms with van der Waals surface area (Å²) in [4.78, 5) is 39.7. The molecule has 0 bridgehead atoms. The minimum atomic E-state index is -1.04. The van der Waals surface area contributed by atoms with Gasteiger partial charge in [0, 0.05) is 45.1 Å². The van der Waals surface area contributed by atoms with Crippen LogP contribution in [0.4, 0.5) is 22.2 Å². The minimum Gasteiger partial charge on any atom is -0.465 e. The molecular formula is C31H37N9O3. The summed E-state index contributed by atoms with van der Waals surface area (Å²) in [5.41, 5.74) is 4.26. The van der Waals surface area contributed by atoms with Crippen LogP contribution in [0.25, 0.3) is 5.69 Å². The lowest BCUT2D eigenvalue weighted by atomic mass is 9.83. The molecule has 43 heavy (non-hydrogen) atoms. The Labute approximate surface area is 251 Å². The number of hydrogen-bond acceptors (Lipinski definition) is 8. The van der Waals surface area contributed by atoms with E-state index in [4.69, 9.17) is 0 Å². The molecule has 224 valence electrons. The van der Waals surface area contributed by atoms with Gasteiger partial charge in [0.25, 0.3) is 5.91 Å². The highest BCUT2D eigenvalue weighted by Crippen LogP contribution is 2.29. The number of hydrogen-bond donors (Lipinski definition) is 2. The van der Waals surface area contributed by atoms with Crippen molar-refractivity contribution in [1.82, 2.24) is 29.9 Å². The van der Waals surface area contributed by atoms with Gasteiger partial charge in [-0.1, -0.05) is 56.3 Å². The molecule has 0 spiro atoms. The molecule has 0 fully saturated rings. The zero-order chi connectivity index (χ0) is 30.7. The van der Waals surface area contributed by atoms with Crippen LogP contribution in [0.3, 0.4) is 0 Å². The normalized spacial score (nSPS) is 13.5. The van der Waals surface area contributed by atoms with Crippen molar-refractivity contribution in [2.75, 3.05) is 41.8 Å². The Morgan fingerprint density at radius 2 is 1.84 bits per heavy atom. The molecule has 12 heteroatoms. The molecule has 5 rings (SSSR count). The fourth-order valence-electron chi connectivity index (χ4n) is 5.19. The average molecular weight is 584 g/mol. The van der Waals surface area contributed by atoms with Crippen molar-refractivity contribution >= 4 is 29.5 Å². The molecule has 2 amide bonds. The fraction of sp³-hybridized carbons (Fsp3) is 0.355. The Morgan fingerprint density at radius 1 is 1.07 bits per heavy atom. The summed E-state index contributed by atoms with van der Waals surface area (Å²) in [5.74, 6) is 0.883. The largest absolute Gasteiger partial charge is 0.465 e. The SMILES string of the molecule is CCNc1ncc2c(n1)N(C)CCN(c1cccc(-n3cc(CN(Cc4ccccc4C(C)(C)C)C(=O)O)nn3)c1)C2=O. The summed E-state index contributed by atoms with van der Waals surface area (Å²) >= 11 is 0. The number of likely N-dealkylation sites (N-methyl/N-ethyl adjacent to an activating group) is 1. The predicted molar refractivity (Wildman–Crippen MR) is 165 cm³/mol. The zero-order valence-corrected chi connectivity index (χ0v) is 25.2. The molecule has 3 heterocycles. The highest BCUT2D eigenvalue weighted by atomic mass is 16.4. The van der Waals surface area contributed by atoms with Gasteiger partial charge in [-0.15, -0.1) is 5.10 Å². The van der Waals surface area contributed by atoms with Crippen molar-refractivity contribution in [3.8, 4) is 5.69 Å². The Kier molecular flexibility index (Phi) is 8.29. The van der Waals surface area contributed by atoms with Crippen molar-refractivity contribution in [3.63, 3.8) is 0 Å². The van der Waals surface area contributed by atoms with Crippen molar-refractivity contribution in [2.24, 2.45) is 0 Å². The molecule has 1 aliphatic heterocycles. The van der Waals surface area contributed by atoms with E-state index in [1.54, 1.807) is 22.0 Å². The summed E-state index contributed by atoms with van der Waals surface area (Å²) in [6.07, 6.45) is 2.25. The molecule has 0 saturated carbocycles. The molecule has 0 aliphatic carbocycles. The number of nitrogens with one attached hydrogen (secondary N) is 1. The Bertz CT molecular complexity index is 1630. The number of nitrogens with zero attached hydrogens (tertiary/aromatic N) is 8. The molecule has 0 unspecified atom stereocenters. The lowest BCUT2D eigenvalue weighted by Gasteiger charge is -2.26. The second kappa shape index (κ2) is 12.1. The van der Waals surface area contributed by atoms with Crippen LogP contribution >= 0.6 is 0 Å². The number of carboxylic acid groups (broad SMARTS) is 1. The maximum atomic E-state index is 13.6. The van der Waals surface area contributed by atoms with E-state index in [-0.39, 0.29) is 24.4 Å². The summed E-state index contributed by atoms with van der Waals surface area (Å²) in [6.45, 7) is 10.3. The van der Waals surface area contributed by atoms with Gasteiger partial charge in [0.1, 0.15) is 17.1 Å². The molecule has 1 aliphatic rings. The second-order valence-corrected chi connectivity index (χ2v) is 11.6. The molecule has 12 nitrogen and oxygen atoms in total. The summed E-state index contributed by atoms with van der Waals surface area (Å²) in [7, 11) is 1.91. The Balaban J connectivity index is 1.36. The van der Waals surface area contributed by atoms with Gasteiger partial charge >= 0.3 is 6.09 Å². The van der Waals surface area contributed by atoms with E-state index in [1.807, 2.05) is 67.4 Å². The van der Waals surface area contributed by atoms with Gasteiger partial charge in [-0.2, -0.15) is 4.98 Å². The fourth-order valence-corrected chi connectivity index (χ4v) is 5.19. The highest BCUT2D eigenvalue weighted by Gasteiger charge is 2.28. The van der Waals surface area contributed by atoms with Gasteiger partial charge < -0.3 is 20.2 Å². The average Bonchev–Trinajstić information content (AvgIpc) is 3.41. The topological polar surface area (TPSA) is 133 Å². The van der Waals surface area contributed by atoms with Crippen molar-refractivity contribution < 1.29 is 14.7 Å². The molecular weight excluding hydrogens is 546 g/mol. The van der Waals surface area contributed by atoms with Crippen LogP contribution in [0.5, 0.6) is 0 Å². The second-order valence-electron chi connectivity index (χ2n) is 11.6. The molecule has 2 aromatic carbocycles. The highest BCUT2D eigenvalue weighted by molar-refractivity contribution is 6.09. The maximum Gasteiger partial charge on any atom is 0.407 e. The van der Waals surface area contributed by atoms with Crippen molar-refractivity contribution in [1.29, 1.82) is 0 Å². The molecule has 0 saturated heterocycles. The smallest absolute Gasteiger partial charge is 0.407 e. The Morgan fingerprint density at radius 3 is 2.58 bits per heavy atom. The number of carbonyl (C=O) groups excluding carboxylic acids is 1. The van der Waals surface area contributed by atoms with E-state index in [9.17, 15) is 14.7 Å². The number of anilines is 3. The van der Waals surface area contributed by atoms with E-state index >= 15 is 0 Å². The summed E-state index contributed by atoms with van der Waals surface area (Å²) in [6, 6.07) is 15.4. The first kappa shape index (κ1) is 29.5. The van der Waals surface area contributed by atoms with E-state index in [2.05, 4.69) is 46.4 Å². The van der Waals surface area contributed by atoms with E-state index in [0.29, 0.717) is 54.0 Å². The third kappa shape index (κ3) is 6.42. The monoisotopic (exact) mass is 583 g/mol. The number of benzene rings is 2. The molecule has 2 aromatic heterocycles. The standard InChI is InChI=1S/C31H37N9O3/c1-6-32-29-33-17-25-27(34-29)37(5)14-15-39(28(25)41)23-11-9-12-24(16-23)40-20-22(35-36-40)19-38(30(42)43)18-21-10-7-8-13-26(21)31(2,3)4/h7-13,16-17,20H,6,14-15,18-19H2,1-5H3,(H,42,43)(H,32,33,34). The number of aromatic nitrogens is 5. The van der Waals surface area contributed by atoms with E-state index < -0.39 is 6.09 Å². The molecule has 4 aromatic rings. The summed E-state index contributed by atoms with van der Waals surface area (Å²) < 4.78 is 1.59. The van der Waals surface area contributed by atoms with Crippen LogP contribution in [0.1, 0.15) is 54.9 Å². The molecule has 2 N–H and O–H groups in total. The van der Waals surface area contributed by atoms with Gasteiger partial charge in [0.2, 0.25) is 5.95 Å². The van der Waals surface area contributed by atoms with Crippen molar-refractivity contribution in [2.45, 2.75) is 46.2 Å². The van der Waals surface area contributed by atoms with Gasteiger partial charge in [-0.3, -0.25) is 9.69 Å². The predicted octanol–water partition coefficient (Wildman–Crippen LogP) is 4.56. The first-order valence-corrected chi connectivity index (χ1v) is 14.3. The number of rotatable bonds is 8. The van der Waals surface area contributed by atoms with Crippen molar-refractivity contribution in [3.05, 3.63) is 83.3 Å². The van der Waals surface area contributed by atoms with Gasteiger partial charge in [0.05, 0.1) is 18.4 Å². The third-order valence-corrected chi connectivity index (χ3v) is 7.36. The minimum absolute atomic E-state index is 0.0795. The first-order valence-electron chi connectivity index (χ1n) is 14.3. The Hall–Kier alpha value is -5.00. The van der Waals surface area contributed by atoms with E-state index in [0.717, 1.165) is 11.1 Å². The van der Waals surface area contributed by atoms with Crippen LogP contribution in [0, 0.1) is 0 Å². The maximum absolute atomic E-state index is 13.6. The van der Waals surface area contributed by atoms with Gasteiger partial charge in [0.15, 0.2) is 0 Å².